The van der Waals surface area contributed by atoms with Gasteiger partial charge >= 0.3 is 0 Å². The van der Waals surface area contributed by atoms with E-state index in [9.17, 15) is 10.1 Å². The minimum absolute atomic E-state index is 0.121. The summed E-state index contributed by atoms with van der Waals surface area (Å²) in [6.07, 6.45) is 3.32. The van der Waals surface area contributed by atoms with Crippen LogP contribution in [0.3, 0.4) is 0 Å². The first-order chi connectivity index (χ1) is 16.5. The molecule has 0 atom stereocenters. The van der Waals surface area contributed by atoms with E-state index in [1.165, 1.54) is 13.3 Å². The molecule has 0 bridgehead atoms. The number of hydrogen-bond acceptors (Lipinski definition) is 8. The summed E-state index contributed by atoms with van der Waals surface area (Å²) in [6.45, 7) is 5.38. The molecular weight excluding hydrogens is 430 g/mol. The van der Waals surface area contributed by atoms with Crippen LogP contribution in [0, 0.1) is 18.3 Å². The fourth-order valence-electron chi connectivity index (χ4n) is 3.90. The molecule has 1 aliphatic rings. The number of nitrogens with one attached hydrogen (secondary N) is 2. The van der Waals surface area contributed by atoms with Crippen molar-refractivity contribution < 1.29 is 9.53 Å². The van der Waals surface area contributed by atoms with Gasteiger partial charge in [0.25, 0.3) is 0 Å². The molecular formula is C25H27N7O2. The molecule has 3 aromatic rings. The molecule has 0 spiro atoms. The summed E-state index contributed by atoms with van der Waals surface area (Å²) in [4.78, 5) is 26.8. The normalized spacial score (nSPS) is 13.9. The van der Waals surface area contributed by atoms with Gasteiger partial charge in [-0.2, -0.15) is 10.2 Å². The maximum Gasteiger partial charge on any atom is 0.232 e. The zero-order valence-corrected chi connectivity index (χ0v) is 19.3. The van der Waals surface area contributed by atoms with Gasteiger partial charge in [0.05, 0.1) is 24.3 Å². The molecule has 34 heavy (non-hydrogen) atoms. The summed E-state index contributed by atoms with van der Waals surface area (Å²) in [5, 5.41) is 15.3. The molecule has 1 fully saturated rings. The van der Waals surface area contributed by atoms with Gasteiger partial charge in [-0.25, -0.2) is 9.97 Å². The second kappa shape index (κ2) is 10.7. The lowest BCUT2D eigenvalue weighted by molar-refractivity contribution is -0.114. The predicted octanol–water partition coefficient (Wildman–Crippen LogP) is 3.94. The first-order valence-corrected chi connectivity index (χ1v) is 11.2. The Morgan fingerprint density at radius 2 is 1.91 bits per heavy atom. The second-order valence-corrected chi connectivity index (χ2v) is 8.16. The number of nitriles is 1. The zero-order chi connectivity index (χ0) is 23.9. The summed E-state index contributed by atoms with van der Waals surface area (Å²) in [5.41, 5.74) is 4.02. The van der Waals surface area contributed by atoms with E-state index in [4.69, 9.17) is 4.74 Å². The summed E-state index contributed by atoms with van der Waals surface area (Å²) in [7, 11) is 0. The van der Waals surface area contributed by atoms with Gasteiger partial charge in [0.2, 0.25) is 17.8 Å². The molecule has 0 radical (unpaired) electrons. The van der Waals surface area contributed by atoms with Gasteiger partial charge in [-0.3, -0.25) is 4.79 Å². The van der Waals surface area contributed by atoms with Crippen molar-refractivity contribution in [2.45, 2.75) is 39.4 Å². The number of aromatic nitrogens is 3. The number of piperidine rings is 1. The Kier molecular flexibility index (Phi) is 7.30. The molecule has 4 rings (SSSR count). The summed E-state index contributed by atoms with van der Waals surface area (Å²) >= 11 is 0. The largest absolute Gasteiger partial charge is 0.373 e. The van der Waals surface area contributed by atoms with Crippen LogP contribution in [-0.4, -0.2) is 40.1 Å². The number of hydrogen-bond donors (Lipinski definition) is 2. The number of carbonyl (C=O) groups is 1. The predicted molar refractivity (Wildman–Crippen MR) is 130 cm³/mol. The van der Waals surface area contributed by atoms with E-state index in [2.05, 4.69) is 36.6 Å². The van der Waals surface area contributed by atoms with E-state index in [-0.39, 0.29) is 12.0 Å². The quantitative estimate of drug-likeness (QED) is 0.548. The van der Waals surface area contributed by atoms with Gasteiger partial charge in [0.1, 0.15) is 6.33 Å². The molecule has 9 nitrogen and oxygen atoms in total. The first kappa shape index (κ1) is 23.1. The number of ether oxygens (including phenoxy) is 1. The fourth-order valence-corrected chi connectivity index (χ4v) is 3.90. The average molecular weight is 458 g/mol. The molecule has 1 amide bonds. The third-order valence-corrected chi connectivity index (χ3v) is 5.79. The molecule has 1 aliphatic heterocycles. The maximum absolute atomic E-state index is 11.4. The molecule has 2 N–H and O–H groups in total. The van der Waals surface area contributed by atoms with Crippen LogP contribution in [0.5, 0.6) is 0 Å². The summed E-state index contributed by atoms with van der Waals surface area (Å²) < 4.78 is 6.08. The summed E-state index contributed by atoms with van der Waals surface area (Å²) in [6, 6.07) is 15.4. The van der Waals surface area contributed by atoms with Crippen LogP contribution in [0.15, 0.2) is 48.8 Å². The van der Waals surface area contributed by atoms with Gasteiger partial charge < -0.3 is 20.3 Å². The van der Waals surface area contributed by atoms with E-state index in [1.54, 1.807) is 0 Å². The van der Waals surface area contributed by atoms with Gasteiger partial charge in [-0.05, 0) is 49.1 Å². The van der Waals surface area contributed by atoms with E-state index >= 15 is 0 Å². The van der Waals surface area contributed by atoms with Crippen molar-refractivity contribution in [1.82, 2.24) is 15.0 Å². The van der Waals surface area contributed by atoms with Crippen LogP contribution >= 0.6 is 0 Å². The lowest BCUT2D eigenvalue weighted by atomic mass is 10.1. The van der Waals surface area contributed by atoms with Gasteiger partial charge in [-0.15, -0.1) is 0 Å². The standard InChI is InChI=1S/C25H27N7O2/c1-17-22(29-18(2)33)8-5-9-23(17)30-24-27-16-28-25(31-24)32-12-10-21(11-13-32)34-15-20-7-4-3-6-19(20)14-26/h3-9,16,21H,10-13,15H2,1-2H3,(H,29,33)(H,27,28,30,31). The Morgan fingerprint density at radius 3 is 2.68 bits per heavy atom. The molecule has 0 saturated carbocycles. The number of carbonyl (C=O) groups excluding carboxylic acids is 1. The third-order valence-electron chi connectivity index (χ3n) is 5.79. The topological polar surface area (TPSA) is 116 Å². The van der Waals surface area contributed by atoms with Crippen LogP contribution < -0.4 is 15.5 Å². The van der Waals surface area contributed by atoms with Gasteiger partial charge in [0, 0.05) is 31.4 Å². The van der Waals surface area contributed by atoms with Crippen LogP contribution in [0.25, 0.3) is 0 Å². The number of benzene rings is 2. The lowest BCUT2D eigenvalue weighted by Gasteiger charge is -2.32. The first-order valence-electron chi connectivity index (χ1n) is 11.2. The van der Waals surface area contributed by atoms with E-state index in [1.807, 2.05) is 49.4 Å². The number of nitrogens with zero attached hydrogens (tertiary/aromatic N) is 5. The Bertz CT molecular complexity index is 1200. The molecule has 0 unspecified atom stereocenters. The highest BCUT2D eigenvalue weighted by molar-refractivity contribution is 5.90. The maximum atomic E-state index is 11.4. The van der Waals surface area contributed by atoms with E-state index in [0.29, 0.717) is 24.1 Å². The van der Waals surface area contributed by atoms with E-state index in [0.717, 1.165) is 48.4 Å². The minimum Gasteiger partial charge on any atom is -0.373 e. The molecule has 0 aliphatic carbocycles. The molecule has 1 aromatic heterocycles. The zero-order valence-electron chi connectivity index (χ0n) is 19.3. The van der Waals surface area contributed by atoms with Crippen molar-refractivity contribution in [3.8, 4) is 6.07 Å². The molecule has 2 aromatic carbocycles. The molecule has 9 heteroatoms. The van der Waals surface area contributed by atoms with Crippen molar-refractivity contribution in [2.24, 2.45) is 0 Å². The van der Waals surface area contributed by atoms with Crippen molar-refractivity contribution in [2.75, 3.05) is 28.6 Å². The Hall–Kier alpha value is -4.03. The van der Waals surface area contributed by atoms with Crippen molar-refractivity contribution in [3.05, 3.63) is 65.5 Å². The summed E-state index contributed by atoms with van der Waals surface area (Å²) in [5.74, 6) is 0.936. The van der Waals surface area contributed by atoms with Crippen LogP contribution in [0.2, 0.25) is 0 Å². The number of rotatable bonds is 7. The number of amides is 1. The Balaban J connectivity index is 1.35. The molecule has 2 heterocycles. The van der Waals surface area contributed by atoms with Crippen molar-refractivity contribution >= 4 is 29.2 Å². The highest BCUT2D eigenvalue weighted by atomic mass is 16.5. The lowest BCUT2D eigenvalue weighted by Crippen LogP contribution is -2.38. The average Bonchev–Trinajstić information content (AvgIpc) is 2.85. The molecule has 174 valence electrons. The Labute approximate surface area is 198 Å². The van der Waals surface area contributed by atoms with Crippen molar-refractivity contribution in [1.29, 1.82) is 5.26 Å². The molecule has 1 saturated heterocycles. The van der Waals surface area contributed by atoms with Crippen LogP contribution in [-0.2, 0) is 16.1 Å². The van der Waals surface area contributed by atoms with E-state index < -0.39 is 0 Å². The van der Waals surface area contributed by atoms with Crippen molar-refractivity contribution in [3.63, 3.8) is 0 Å². The van der Waals surface area contributed by atoms with Crippen LogP contribution in [0.1, 0.15) is 36.5 Å². The minimum atomic E-state index is -0.121. The SMILES string of the molecule is CC(=O)Nc1cccc(Nc2ncnc(N3CCC(OCc4ccccc4C#N)CC3)n2)c1C. The van der Waals surface area contributed by atoms with Crippen LogP contribution in [0.4, 0.5) is 23.3 Å². The fraction of sp³-hybridized carbons (Fsp3) is 0.320. The number of anilines is 4. The van der Waals surface area contributed by atoms with Gasteiger partial charge in [0.15, 0.2) is 0 Å². The highest BCUT2D eigenvalue weighted by Gasteiger charge is 2.22. The smallest absolute Gasteiger partial charge is 0.232 e. The third kappa shape index (κ3) is 5.66. The Morgan fingerprint density at radius 1 is 1.15 bits per heavy atom. The second-order valence-electron chi connectivity index (χ2n) is 8.16. The monoisotopic (exact) mass is 457 g/mol. The van der Waals surface area contributed by atoms with Gasteiger partial charge in [-0.1, -0.05) is 24.3 Å². The highest BCUT2D eigenvalue weighted by Crippen LogP contribution is 2.26.